The van der Waals surface area contributed by atoms with Gasteiger partial charge >= 0.3 is 0 Å². The first kappa shape index (κ1) is 16.1. The Bertz CT molecular complexity index is 445. The lowest BCUT2D eigenvalue weighted by molar-refractivity contribution is 0.376. The predicted octanol–water partition coefficient (Wildman–Crippen LogP) is 0.329. The Hall–Kier alpha value is -0.960. The fraction of sp³-hybridized carbons (Fsp3) is 0.727. The highest BCUT2D eigenvalue weighted by Gasteiger charge is 2.17. The van der Waals surface area contributed by atoms with Crippen LogP contribution in [0.5, 0.6) is 0 Å². The molecule has 0 aliphatic heterocycles. The summed E-state index contributed by atoms with van der Waals surface area (Å²) in [6, 6.07) is 2.03. The number of aromatic nitrogens is 1. The highest BCUT2D eigenvalue weighted by atomic mass is 32.2. The van der Waals surface area contributed by atoms with E-state index in [0.29, 0.717) is 18.3 Å². The van der Waals surface area contributed by atoms with Crippen LogP contribution in [0.3, 0.4) is 0 Å². The first-order valence-corrected chi connectivity index (χ1v) is 7.69. The zero-order valence-corrected chi connectivity index (χ0v) is 12.4. The van der Waals surface area contributed by atoms with Crippen LogP contribution in [-0.2, 0) is 16.8 Å². The molecule has 1 rings (SSSR count). The molecule has 0 radical (unpaired) electrons. The zero-order chi connectivity index (χ0) is 14.3. The third kappa shape index (κ3) is 6.15. The molecule has 0 amide bonds. The number of nitrogens with zero attached hydrogens (tertiary/aromatic N) is 2. The van der Waals surface area contributed by atoms with Crippen LogP contribution in [0.4, 0.5) is 0 Å². The summed E-state index contributed by atoms with van der Waals surface area (Å²) in [4.78, 5) is 0. The van der Waals surface area contributed by atoms with Crippen molar-refractivity contribution in [2.24, 2.45) is 0 Å². The number of hydrogen-bond acceptors (Lipinski definition) is 5. The molecule has 0 atom stereocenters. The first-order valence-electron chi connectivity index (χ1n) is 6.25. The van der Waals surface area contributed by atoms with Crippen molar-refractivity contribution in [3.63, 3.8) is 0 Å². The summed E-state index contributed by atoms with van der Waals surface area (Å²) >= 11 is 0. The molecule has 0 bridgehead atoms. The van der Waals surface area contributed by atoms with Crippen LogP contribution >= 0.6 is 0 Å². The molecule has 0 aliphatic rings. The lowest BCUT2D eigenvalue weighted by Gasteiger charge is -2.17. The van der Waals surface area contributed by atoms with Crippen molar-refractivity contribution in [1.29, 1.82) is 0 Å². The zero-order valence-electron chi connectivity index (χ0n) is 11.6. The van der Waals surface area contributed by atoms with Gasteiger partial charge in [0.1, 0.15) is 0 Å². The van der Waals surface area contributed by atoms with Crippen molar-refractivity contribution in [1.82, 2.24) is 19.5 Å². The summed E-state index contributed by atoms with van der Waals surface area (Å²) in [5.74, 6) is 0.485. The SMILES string of the molecule is CC(C)NCCCN(C)S(=O)(=O)NCc1ccno1. The summed E-state index contributed by atoms with van der Waals surface area (Å²) in [7, 11) is -1.92. The molecule has 0 saturated heterocycles. The Labute approximate surface area is 114 Å². The molecular formula is C11H22N4O3S. The van der Waals surface area contributed by atoms with E-state index in [1.54, 1.807) is 13.1 Å². The molecule has 1 heterocycles. The van der Waals surface area contributed by atoms with Crippen molar-refractivity contribution in [2.75, 3.05) is 20.1 Å². The molecule has 0 aliphatic carbocycles. The van der Waals surface area contributed by atoms with Crippen LogP contribution in [-0.4, -0.2) is 44.1 Å². The fourth-order valence-corrected chi connectivity index (χ4v) is 2.33. The van der Waals surface area contributed by atoms with E-state index in [0.717, 1.165) is 13.0 Å². The van der Waals surface area contributed by atoms with Crippen molar-refractivity contribution >= 4 is 10.2 Å². The van der Waals surface area contributed by atoms with Gasteiger partial charge in [0.25, 0.3) is 10.2 Å². The van der Waals surface area contributed by atoms with Gasteiger partial charge in [-0.2, -0.15) is 17.4 Å². The van der Waals surface area contributed by atoms with Crippen LogP contribution in [0.25, 0.3) is 0 Å². The van der Waals surface area contributed by atoms with Gasteiger partial charge in [-0.05, 0) is 13.0 Å². The van der Waals surface area contributed by atoms with Gasteiger partial charge < -0.3 is 9.84 Å². The minimum absolute atomic E-state index is 0.108. The molecule has 0 saturated carbocycles. The topological polar surface area (TPSA) is 87.5 Å². The van der Waals surface area contributed by atoms with Gasteiger partial charge in [0.15, 0.2) is 5.76 Å². The molecule has 110 valence electrons. The summed E-state index contributed by atoms with van der Waals surface area (Å²) in [6.07, 6.45) is 2.24. The predicted molar refractivity (Wildman–Crippen MR) is 72.6 cm³/mol. The monoisotopic (exact) mass is 290 g/mol. The standard InChI is InChI=1S/C11H22N4O3S/c1-10(2)12-6-4-8-15(3)19(16,17)14-9-11-5-7-13-18-11/h5,7,10,12,14H,4,6,8-9H2,1-3H3. The van der Waals surface area contributed by atoms with E-state index in [1.165, 1.54) is 10.5 Å². The number of rotatable bonds is 9. The molecule has 0 aromatic carbocycles. The largest absolute Gasteiger partial charge is 0.360 e. The molecule has 19 heavy (non-hydrogen) atoms. The van der Waals surface area contributed by atoms with E-state index < -0.39 is 10.2 Å². The van der Waals surface area contributed by atoms with E-state index >= 15 is 0 Å². The Morgan fingerprint density at radius 2 is 2.21 bits per heavy atom. The summed E-state index contributed by atoms with van der Waals surface area (Å²) < 4.78 is 32.4. The van der Waals surface area contributed by atoms with Gasteiger partial charge in [-0.25, -0.2) is 0 Å². The van der Waals surface area contributed by atoms with E-state index in [-0.39, 0.29) is 6.54 Å². The second-order valence-electron chi connectivity index (χ2n) is 4.59. The molecule has 1 aromatic rings. The minimum atomic E-state index is -3.47. The van der Waals surface area contributed by atoms with Gasteiger partial charge in [-0.1, -0.05) is 19.0 Å². The van der Waals surface area contributed by atoms with E-state index in [1.807, 2.05) is 0 Å². The molecule has 1 aromatic heterocycles. The van der Waals surface area contributed by atoms with Crippen LogP contribution in [0.1, 0.15) is 26.0 Å². The maximum absolute atomic E-state index is 11.9. The maximum Gasteiger partial charge on any atom is 0.279 e. The van der Waals surface area contributed by atoms with Crippen molar-refractivity contribution in [3.8, 4) is 0 Å². The molecular weight excluding hydrogens is 268 g/mol. The molecule has 0 spiro atoms. The molecule has 0 fully saturated rings. The Balaban J connectivity index is 2.30. The second-order valence-corrected chi connectivity index (χ2v) is 6.45. The van der Waals surface area contributed by atoms with E-state index in [4.69, 9.17) is 4.52 Å². The lowest BCUT2D eigenvalue weighted by Crippen LogP contribution is -2.39. The minimum Gasteiger partial charge on any atom is -0.360 e. The summed E-state index contributed by atoms with van der Waals surface area (Å²) in [5, 5.41) is 6.75. The van der Waals surface area contributed by atoms with Crippen molar-refractivity contribution in [2.45, 2.75) is 32.9 Å². The first-order chi connectivity index (χ1) is 8.92. The van der Waals surface area contributed by atoms with E-state index in [9.17, 15) is 8.42 Å². The van der Waals surface area contributed by atoms with E-state index in [2.05, 4.69) is 29.0 Å². The normalized spacial score (nSPS) is 12.5. The number of nitrogens with one attached hydrogen (secondary N) is 2. The van der Waals surface area contributed by atoms with Gasteiger partial charge in [0.2, 0.25) is 0 Å². The Morgan fingerprint density at radius 1 is 1.47 bits per heavy atom. The number of hydrogen-bond donors (Lipinski definition) is 2. The van der Waals surface area contributed by atoms with Gasteiger partial charge in [-0.3, -0.25) is 0 Å². The maximum atomic E-state index is 11.9. The highest BCUT2D eigenvalue weighted by Crippen LogP contribution is 2.00. The molecule has 7 nitrogen and oxygen atoms in total. The van der Waals surface area contributed by atoms with Crippen LogP contribution < -0.4 is 10.0 Å². The Morgan fingerprint density at radius 3 is 2.79 bits per heavy atom. The molecule has 8 heteroatoms. The summed E-state index contributed by atoms with van der Waals surface area (Å²) in [5.41, 5.74) is 0. The third-order valence-corrected chi connectivity index (χ3v) is 4.05. The average molecular weight is 290 g/mol. The third-order valence-electron chi connectivity index (χ3n) is 2.53. The van der Waals surface area contributed by atoms with Gasteiger partial charge in [0.05, 0.1) is 12.7 Å². The smallest absolute Gasteiger partial charge is 0.279 e. The van der Waals surface area contributed by atoms with Crippen molar-refractivity contribution in [3.05, 3.63) is 18.0 Å². The fourth-order valence-electron chi connectivity index (χ4n) is 1.42. The Kier molecular flexibility index (Phi) is 6.43. The van der Waals surface area contributed by atoms with Crippen LogP contribution in [0.2, 0.25) is 0 Å². The van der Waals surface area contributed by atoms with Gasteiger partial charge in [0, 0.05) is 25.7 Å². The van der Waals surface area contributed by atoms with Gasteiger partial charge in [-0.15, -0.1) is 0 Å². The van der Waals surface area contributed by atoms with Crippen LogP contribution in [0.15, 0.2) is 16.8 Å². The molecule has 0 unspecified atom stereocenters. The average Bonchev–Trinajstić information content (AvgIpc) is 2.84. The quantitative estimate of drug-likeness (QED) is 0.640. The second kappa shape index (κ2) is 7.59. The summed E-state index contributed by atoms with van der Waals surface area (Å²) in [6.45, 7) is 5.47. The lowest BCUT2D eigenvalue weighted by atomic mass is 10.3. The van der Waals surface area contributed by atoms with Crippen molar-refractivity contribution < 1.29 is 12.9 Å². The highest BCUT2D eigenvalue weighted by molar-refractivity contribution is 7.87. The molecule has 2 N–H and O–H groups in total. The van der Waals surface area contributed by atoms with Crippen LogP contribution in [0, 0.1) is 0 Å².